The molecular formula is C23H26N2O5S2. The van der Waals surface area contributed by atoms with Gasteiger partial charge in [0.15, 0.2) is 14.6 Å². The number of carbonyl (C=O) groups is 2. The fourth-order valence-corrected chi connectivity index (χ4v) is 5.66. The van der Waals surface area contributed by atoms with Crippen LogP contribution < -0.4 is 4.80 Å². The Kier molecular flexibility index (Phi) is 7.63. The molecule has 0 unspecified atom stereocenters. The highest BCUT2D eigenvalue weighted by atomic mass is 32.2. The largest absolute Gasteiger partial charge is 0.465 e. The Morgan fingerprint density at radius 2 is 1.78 bits per heavy atom. The molecule has 0 N–H and O–H groups in total. The Morgan fingerprint density at radius 1 is 1.09 bits per heavy atom. The van der Waals surface area contributed by atoms with Crippen LogP contribution >= 0.6 is 11.3 Å². The smallest absolute Gasteiger partial charge is 0.326 e. The van der Waals surface area contributed by atoms with Gasteiger partial charge in [-0.2, -0.15) is 4.99 Å². The van der Waals surface area contributed by atoms with Crippen molar-refractivity contribution >= 4 is 43.3 Å². The van der Waals surface area contributed by atoms with Crippen LogP contribution in [0.15, 0.2) is 47.5 Å². The van der Waals surface area contributed by atoms with E-state index in [4.69, 9.17) is 4.74 Å². The Hall–Kier alpha value is -2.78. The van der Waals surface area contributed by atoms with Crippen LogP contribution in [0.4, 0.5) is 0 Å². The maximum Gasteiger partial charge on any atom is 0.326 e. The maximum atomic E-state index is 12.5. The van der Waals surface area contributed by atoms with Crippen molar-refractivity contribution < 1.29 is 22.7 Å². The summed E-state index contributed by atoms with van der Waals surface area (Å²) >= 11 is 1.29. The standard InChI is InChI=1S/C23H26N2O5S2/c1-4-30-22(27)14-25-19-12-16(2)17(3)13-20(19)31-23(25)24-21(26)10-11-32(28,29)15-18-8-6-5-7-9-18/h5-9,12-13H,4,10-11,14-15H2,1-3H3. The summed E-state index contributed by atoms with van der Waals surface area (Å²) in [5.74, 6) is -1.37. The number of esters is 1. The molecule has 0 aliphatic rings. The van der Waals surface area contributed by atoms with Crippen LogP contribution in [0.25, 0.3) is 10.2 Å². The van der Waals surface area contributed by atoms with Gasteiger partial charge < -0.3 is 9.30 Å². The lowest BCUT2D eigenvalue weighted by Crippen LogP contribution is -2.23. The summed E-state index contributed by atoms with van der Waals surface area (Å²) in [5, 5.41) is 0. The minimum absolute atomic E-state index is 0.0746. The monoisotopic (exact) mass is 474 g/mol. The van der Waals surface area contributed by atoms with E-state index >= 15 is 0 Å². The van der Waals surface area contributed by atoms with Gasteiger partial charge in [-0.3, -0.25) is 9.59 Å². The topological polar surface area (TPSA) is 94.8 Å². The number of benzene rings is 2. The highest BCUT2D eigenvalue weighted by Gasteiger charge is 2.16. The first-order valence-corrected chi connectivity index (χ1v) is 12.9. The lowest BCUT2D eigenvalue weighted by Gasteiger charge is -2.06. The number of aryl methyl sites for hydroxylation is 2. The van der Waals surface area contributed by atoms with Crippen LogP contribution in [-0.4, -0.2) is 37.2 Å². The zero-order chi connectivity index (χ0) is 23.3. The van der Waals surface area contributed by atoms with Gasteiger partial charge in [0.2, 0.25) is 5.91 Å². The molecule has 0 radical (unpaired) electrons. The van der Waals surface area contributed by atoms with Crippen LogP contribution in [0.5, 0.6) is 0 Å². The van der Waals surface area contributed by atoms with E-state index in [9.17, 15) is 18.0 Å². The van der Waals surface area contributed by atoms with Crippen molar-refractivity contribution in [3.8, 4) is 0 Å². The lowest BCUT2D eigenvalue weighted by molar-refractivity contribution is -0.143. The number of carbonyl (C=O) groups excluding carboxylic acids is 2. The minimum Gasteiger partial charge on any atom is -0.465 e. The molecule has 1 amide bonds. The van der Waals surface area contributed by atoms with Gasteiger partial charge in [-0.1, -0.05) is 41.7 Å². The molecule has 0 saturated heterocycles. The molecule has 0 spiro atoms. The number of hydrogen-bond acceptors (Lipinski definition) is 6. The number of rotatable bonds is 8. The molecule has 3 aromatic rings. The predicted molar refractivity (Wildman–Crippen MR) is 125 cm³/mol. The number of sulfone groups is 1. The van der Waals surface area contributed by atoms with E-state index < -0.39 is 21.7 Å². The second-order valence-corrected chi connectivity index (χ2v) is 10.7. The van der Waals surface area contributed by atoms with Crippen molar-refractivity contribution in [1.29, 1.82) is 0 Å². The molecule has 9 heteroatoms. The van der Waals surface area contributed by atoms with E-state index in [0.29, 0.717) is 10.4 Å². The van der Waals surface area contributed by atoms with Crippen LogP contribution in [-0.2, 0) is 36.5 Å². The molecule has 32 heavy (non-hydrogen) atoms. The average molecular weight is 475 g/mol. The third-order valence-corrected chi connectivity index (χ3v) is 7.61. The van der Waals surface area contributed by atoms with Gasteiger partial charge in [0.05, 0.1) is 28.3 Å². The molecule has 170 valence electrons. The second-order valence-electron chi connectivity index (χ2n) is 7.51. The Balaban J connectivity index is 1.85. The number of fused-ring (bicyclic) bond motifs is 1. The number of hydrogen-bond donors (Lipinski definition) is 0. The van der Waals surface area contributed by atoms with E-state index in [-0.39, 0.29) is 31.1 Å². The summed E-state index contributed by atoms with van der Waals surface area (Å²) in [6.45, 7) is 5.87. The molecule has 0 saturated carbocycles. The molecule has 3 rings (SSSR count). The highest BCUT2D eigenvalue weighted by Crippen LogP contribution is 2.22. The molecule has 1 aromatic heterocycles. The predicted octanol–water partition coefficient (Wildman–Crippen LogP) is 3.32. The van der Waals surface area contributed by atoms with Gasteiger partial charge >= 0.3 is 5.97 Å². The first-order valence-electron chi connectivity index (χ1n) is 10.3. The third kappa shape index (κ3) is 6.14. The van der Waals surface area contributed by atoms with E-state index in [0.717, 1.165) is 21.3 Å². The Morgan fingerprint density at radius 3 is 2.47 bits per heavy atom. The van der Waals surface area contributed by atoms with Gasteiger partial charge in [-0.05, 0) is 49.6 Å². The maximum absolute atomic E-state index is 12.5. The summed E-state index contributed by atoms with van der Waals surface area (Å²) in [5.41, 5.74) is 3.61. The first-order chi connectivity index (χ1) is 15.2. The highest BCUT2D eigenvalue weighted by molar-refractivity contribution is 7.90. The number of amides is 1. The van der Waals surface area contributed by atoms with Gasteiger partial charge in [0.1, 0.15) is 6.54 Å². The summed E-state index contributed by atoms with van der Waals surface area (Å²) in [6, 6.07) is 12.8. The fourth-order valence-electron chi connectivity index (χ4n) is 3.20. The zero-order valence-electron chi connectivity index (χ0n) is 18.3. The summed E-state index contributed by atoms with van der Waals surface area (Å²) in [4.78, 5) is 29.2. The first kappa shape index (κ1) is 23.9. The second kappa shape index (κ2) is 10.2. The van der Waals surface area contributed by atoms with Crippen molar-refractivity contribution in [1.82, 2.24) is 4.57 Å². The van der Waals surface area contributed by atoms with Gasteiger partial charge in [-0.15, -0.1) is 0 Å². The van der Waals surface area contributed by atoms with Gasteiger partial charge in [-0.25, -0.2) is 8.42 Å². The van der Waals surface area contributed by atoms with E-state index in [2.05, 4.69) is 4.99 Å². The average Bonchev–Trinajstić information content (AvgIpc) is 3.03. The Bertz CT molecular complexity index is 1310. The van der Waals surface area contributed by atoms with Crippen LogP contribution in [0.2, 0.25) is 0 Å². The number of ether oxygens (including phenoxy) is 1. The van der Waals surface area contributed by atoms with Crippen molar-refractivity contribution in [3.05, 3.63) is 64.0 Å². The summed E-state index contributed by atoms with van der Waals surface area (Å²) in [7, 11) is -3.45. The Labute approximate surface area is 191 Å². The van der Waals surface area contributed by atoms with Crippen molar-refractivity contribution in [2.24, 2.45) is 4.99 Å². The van der Waals surface area contributed by atoms with Gasteiger partial charge in [0.25, 0.3) is 0 Å². The molecule has 0 fully saturated rings. The summed E-state index contributed by atoms with van der Waals surface area (Å²) < 4.78 is 32.4. The van der Waals surface area contributed by atoms with Crippen LogP contribution in [0.1, 0.15) is 30.0 Å². The summed E-state index contributed by atoms with van der Waals surface area (Å²) in [6.07, 6.45) is -0.221. The third-order valence-electron chi connectivity index (χ3n) is 4.97. The number of thiazole rings is 1. The molecule has 0 aliphatic heterocycles. The molecule has 0 aliphatic carbocycles. The minimum atomic E-state index is -3.45. The zero-order valence-corrected chi connectivity index (χ0v) is 20.0. The van der Waals surface area contributed by atoms with Gasteiger partial charge in [0, 0.05) is 6.42 Å². The molecular weight excluding hydrogens is 448 g/mol. The van der Waals surface area contributed by atoms with Crippen molar-refractivity contribution in [2.75, 3.05) is 12.4 Å². The lowest BCUT2D eigenvalue weighted by atomic mass is 10.1. The van der Waals surface area contributed by atoms with E-state index in [1.807, 2.05) is 32.0 Å². The van der Waals surface area contributed by atoms with Crippen LogP contribution in [0, 0.1) is 13.8 Å². The van der Waals surface area contributed by atoms with E-state index in [1.54, 1.807) is 35.8 Å². The normalized spacial score (nSPS) is 12.3. The van der Waals surface area contributed by atoms with E-state index in [1.165, 1.54) is 11.3 Å². The van der Waals surface area contributed by atoms with Crippen molar-refractivity contribution in [2.45, 2.75) is 39.5 Å². The molecule has 0 bridgehead atoms. The number of nitrogens with zero attached hydrogens (tertiary/aromatic N) is 2. The fraction of sp³-hybridized carbons (Fsp3) is 0.348. The number of aromatic nitrogens is 1. The SMILES string of the molecule is CCOC(=O)Cn1c(=NC(=O)CCS(=O)(=O)Cc2ccccc2)sc2cc(C)c(C)cc21. The molecule has 2 aromatic carbocycles. The molecule has 0 atom stereocenters. The molecule has 7 nitrogen and oxygen atoms in total. The van der Waals surface area contributed by atoms with Crippen LogP contribution in [0.3, 0.4) is 0 Å². The molecule has 1 heterocycles. The quantitative estimate of drug-likeness (QED) is 0.467. The van der Waals surface area contributed by atoms with Crippen molar-refractivity contribution in [3.63, 3.8) is 0 Å².